The van der Waals surface area contributed by atoms with E-state index in [0.29, 0.717) is 24.6 Å². The average molecular weight is 510 g/mol. The molecular formula is C28H35N3O4S. The van der Waals surface area contributed by atoms with Crippen LogP contribution in [-0.4, -0.2) is 40.6 Å². The van der Waals surface area contributed by atoms with E-state index in [2.05, 4.69) is 24.1 Å². The van der Waals surface area contributed by atoms with Crippen LogP contribution in [0.4, 0.5) is 11.4 Å². The van der Waals surface area contributed by atoms with Crippen LogP contribution in [0.1, 0.15) is 31.9 Å². The summed E-state index contributed by atoms with van der Waals surface area (Å²) in [6, 6.07) is 21.4. The van der Waals surface area contributed by atoms with Gasteiger partial charge in [-0.1, -0.05) is 42.0 Å². The Hall–Kier alpha value is -3.52. The van der Waals surface area contributed by atoms with Crippen molar-refractivity contribution < 1.29 is 17.9 Å². The van der Waals surface area contributed by atoms with E-state index in [1.807, 2.05) is 38.1 Å². The lowest BCUT2D eigenvalue weighted by Crippen LogP contribution is -2.40. The fourth-order valence-electron chi connectivity index (χ4n) is 3.88. The molecule has 0 heterocycles. The van der Waals surface area contributed by atoms with Crippen molar-refractivity contribution in [2.75, 3.05) is 35.4 Å². The molecule has 3 rings (SSSR count). The van der Waals surface area contributed by atoms with Gasteiger partial charge < -0.3 is 15.0 Å². The normalized spacial score (nSPS) is 11.1. The molecule has 0 aliphatic carbocycles. The number of aryl methyl sites for hydroxylation is 1. The zero-order chi connectivity index (χ0) is 26.1. The standard InChI is InChI=1S/C28H35N3O4S/c1-5-30(6-2)24-16-14-23(15-17-24)20-29-28(32)21-31(26-10-8-9-11-27(26)35-7-3)36(33,34)25-18-12-22(4)13-19-25/h8-19H,5-7,20-21H2,1-4H3,(H,29,32). The Labute approximate surface area is 214 Å². The number of ether oxygens (including phenoxy) is 1. The third-order valence-corrected chi connectivity index (χ3v) is 7.66. The Balaban J connectivity index is 1.83. The lowest BCUT2D eigenvalue weighted by Gasteiger charge is -2.26. The number of hydrogen-bond acceptors (Lipinski definition) is 5. The maximum Gasteiger partial charge on any atom is 0.264 e. The Kier molecular flexibility index (Phi) is 9.36. The number of nitrogens with zero attached hydrogens (tertiary/aromatic N) is 2. The largest absolute Gasteiger partial charge is 0.492 e. The van der Waals surface area contributed by atoms with Crippen LogP contribution in [0.25, 0.3) is 0 Å². The number of rotatable bonds is 12. The number of para-hydroxylation sites is 2. The SMILES string of the molecule is CCOc1ccccc1N(CC(=O)NCc1ccc(N(CC)CC)cc1)S(=O)(=O)c1ccc(C)cc1. The Morgan fingerprint density at radius 2 is 1.53 bits per heavy atom. The van der Waals surface area contributed by atoms with Gasteiger partial charge in [-0.15, -0.1) is 0 Å². The minimum atomic E-state index is -4.02. The fraction of sp³-hybridized carbons (Fsp3) is 0.321. The molecule has 1 N–H and O–H groups in total. The molecule has 7 nitrogen and oxygen atoms in total. The summed E-state index contributed by atoms with van der Waals surface area (Å²) in [4.78, 5) is 15.4. The number of carbonyl (C=O) groups excluding carboxylic acids is 1. The molecule has 0 fully saturated rings. The van der Waals surface area contributed by atoms with Crippen molar-refractivity contribution >= 4 is 27.3 Å². The van der Waals surface area contributed by atoms with E-state index in [9.17, 15) is 13.2 Å². The first kappa shape index (κ1) is 27.1. The molecule has 0 spiro atoms. The van der Waals surface area contributed by atoms with Crippen LogP contribution in [0.3, 0.4) is 0 Å². The number of carbonyl (C=O) groups is 1. The maximum absolute atomic E-state index is 13.7. The summed E-state index contributed by atoms with van der Waals surface area (Å²) in [5, 5.41) is 2.86. The predicted molar refractivity (Wildman–Crippen MR) is 145 cm³/mol. The Bertz CT molecular complexity index is 1240. The van der Waals surface area contributed by atoms with Crippen molar-refractivity contribution in [2.24, 2.45) is 0 Å². The van der Waals surface area contributed by atoms with Gasteiger partial charge >= 0.3 is 0 Å². The van der Waals surface area contributed by atoms with E-state index in [-0.39, 0.29) is 11.4 Å². The Morgan fingerprint density at radius 3 is 2.14 bits per heavy atom. The maximum atomic E-state index is 13.7. The first-order valence-corrected chi connectivity index (χ1v) is 13.7. The smallest absolute Gasteiger partial charge is 0.264 e. The van der Waals surface area contributed by atoms with Gasteiger partial charge in [0.15, 0.2) is 0 Å². The summed E-state index contributed by atoms with van der Waals surface area (Å²) >= 11 is 0. The summed E-state index contributed by atoms with van der Waals surface area (Å²) in [5.74, 6) is -0.0136. The van der Waals surface area contributed by atoms with Crippen LogP contribution in [0, 0.1) is 6.92 Å². The quantitative estimate of drug-likeness (QED) is 0.381. The zero-order valence-electron chi connectivity index (χ0n) is 21.4. The molecule has 1 amide bonds. The molecule has 0 atom stereocenters. The number of hydrogen-bond donors (Lipinski definition) is 1. The van der Waals surface area contributed by atoms with Crippen molar-refractivity contribution in [3.8, 4) is 5.75 Å². The molecule has 192 valence electrons. The van der Waals surface area contributed by atoms with E-state index < -0.39 is 15.9 Å². The number of anilines is 2. The van der Waals surface area contributed by atoms with Gasteiger partial charge in [0.25, 0.3) is 10.0 Å². The molecule has 3 aromatic rings. The van der Waals surface area contributed by atoms with Crippen molar-refractivity contribution in [3.63, 3.8) is 0 Å². The second-order valence-corrected chi connectivity index (χ2v) is 10.2. The van der Waals surface area contributed by atoms with Gasteiger partial charge in [0, 0.05) is 25.3 Å². The van der Waals surface area contributed by atoms with Gasteiger partial charge in [0.1, 0.15) is 12.3 Å². The second kappa shape index (κ2) is 12.4. The number of amides is 1. The molecule has 36 heavy (non-hydrogen) atoms. The van der Waals surface area contributed by atoms with E-state index in [1.54, 1.807) is 48.5 Å². The van der Waals surface area contributed by atoms with E-state index in [4.69, 9.17) is 4.74 Å². The lowest BCUT2D eigenvalue weighted by atomic mass is 10.2. The highest BCUT2D eigenvalue weighted by Crippen LogP contribution is 2.32. The van der Waals surface area contributed by atoms with Crippen LogP contribution >= 0.6 is 0 Å². The minimum Gasteiger partial charge on any atom is -0.492 e. The van der Waals surface area contributed by atoms with Crippen molar-refractivity contribution in [3.05, 3.63) is 83.9 Å². The molecule has 0 radical (unpaired) electrons. The minimum absolute atomic E-state index is 0.110. The van der Waals surface area contributed by atoms with Gasteiger partial charge in [0.2, 0.25) is 5.91 Å². The molecule has 0 saturated carbocycles. The molecule has 0 aliphatic heterocycles. The topological polar surface area (TPSA) is 79.0 Å². The summed E-state index contributed by atoms with van der Waals surface area (Å²) in [5.41, 5.74) is 3.32. The monoisotopic (exact) mass is 509 g/mol. The predicted octanol–water partition coefficient (Wildman–Crippen LogP) is 4.75. The first-order valence-electron chi connectivity index (χ1n) is 12.2. The third kappa shape index (κ3) is 6.57. The van der Waals surface area contributed by atoms with Crippen LogP contribution < -0.4 is 19.3 Å². The fourth-order valence-corrected chi connectivity index (χ4v) is 5.31. The summed E-state index contributed by atoms with van der Waals surface area (Å²) in [7, 11) is -4.02. The van der Waals surface area contributed by atoms with Gasteiger partial charge in [-0.05, 0) is 69.7 Å². The van der Waals surface area contributed by atoms with Crippen molar-refractivity contribution in [1.29, 1.82) is 0 Å². The summed E-state index contributed by atoms with van der Waals surface area (Å²) in [6.07, 6.45) is 0. The van der Waals surface area contributed by atoms with Crippen molar-refractivity contribution in [2.45, 2.75) is 39.1 Å². The molecule has 8 heteroatoms. The highest BCUT2D eigenvalue weighted by atomic mass is 32.2. The Morgan fingerprint density at radius 1 is 0.889 bits per heavy atom. The highest BCUT2D eigenvalue weighted by molar-refractivity contribution is 7.92. The van der Waals surface area contributed by atoms with Crippen LogP contribution in [0.2, 0.25) is 0 Å². The number of sulfonamides is 1. The highest BCUT2D eigenvalue weighted by Gasteiger charge is 2.29. The van der Waals surface area contributed by atoms with E-state index in [0.717, 1.165) is 34.2 Å². The van der Waals surface area contributed by atoms with Crippen LogP contribution in [0.5, 0.6) is 5.75 Å². The van der Waals surface area contributed by atoms with Crippen LogP contribution in [-0.2, 0) is 21.4 Å². The van der Waals surface area contributed by atoms with E-state index in [1.165, 1.54) is 0 Å². The third-order valence-electron chi connectivity index (χ3n) is 5.88. The first-order chi connectivity index (χ1) is 17.3. The summed E-state index contributed by atoms with van der Waals surface area (Å²) < 4.78 is 34.1. The molecule has 0 aliphatic rings. The lowest BCUT2D eigenvalue weighted by molar-refractivity contribution is -0.119. The zero-order valence-corrected chi connectivity index (χ0v) is 22.2. The molecule has 0 aromatic heterocycles. The second-order valence-electron chi connectivity index (χ2n) is 8.34. The molecular weight excluding hydrogens is 474 g/mol. The molecule has 0 saturated heterocycles. The van der Waals surface area contributed by atoms with E-state index >= 15 is 0 Å². The molecule has 3 aromatic carbocycles. The van der Waals surface area contributed by atoms with Gasteiger partial charge in [-0.3, -0.25) is 9.10 Å². The average Bonchev–Trinajstić information content (AvgIpc) is 2.88. The number of benzene rings is 3. The van der Waals surface area contributed by atoms with Crippen LogP contribution in [0.15, 0.2) is 77.7 Å². The molecule has 0 unspecified atom stereocenters. The van der Waals surface area contributed by atoms with Crippen molar-refractivity contribution in [1.82, 2.24) is 5.32 Å². The summed E-state index contributed by atoms with van der Waals surface area (Å²) in [6.45, 7) is 10.1. The van der Waals surface area contributed by atoms with Gasteiger partial charge in [0.05, 0.1) is 17.2 Å². The molecule has 0 bridgehead atoms. The van der Waals surface area contributed by atoms with Gasteiger partial charge in [-0.2, -0.15) is 0 Å². The number of nitrogens with one attached hydrogen (secondary N) is 1. The van der Waals surface area contributed by atoms with Gasteiger partial charge in [-0.25, -0.2) is 8.42 Å².